The number of amides is 4. The molecule has 9 nitrogen and oxygen atoms in total. The summed E-state index contributed by atoms with van der Waals surface area (Å²) in [4.78, 5) is 42.8. The summed E-state index contributed by atoms with van der Waals surface area (Å²) in [6.07, 6.45) is 10.5. The maximum atomic E-state index is 12.6. The number of hydrogen-bond acceptors (Lipinski definition) is 6. The van der Waals surface area contributed by atoms with Gasteiger partial charge in [0.15, 0.2) is 0 Å². The summed E-state index contributed by atoms with van der Waals surface area (Å²) in [5, 5.41) is 11.5. The fraction of sp³-hybridized carbons (Fsp3) is 0.517. The monoisotopic (exact) mass is 553 g/mol. The van der Waals surface area contributed by atoms with Crippen LogP contribution in [0.4, 0.5) is 10.5 Å². The van der Waals surface area contributed by atoms with E-state index in [1.54, 1.807) is 12.1 Å². The number of hydrogen-bond donors (Lipinski definition) is 3. The van der Waals surface area contributed by atoms with Crippen molar-refractivity contribution in [2.45, 2.75) is 64.2 Å². The van der Waals surface area contributed by atoms with E-state index >= 15 is 0 Å². The van der Waals surface area contributed by atoms with Gasteiger partial charge in [0, 0.05) is 56.2 Å². The standard InChI is InChI=1S/C29H39N5O4S/c1-21(35)32-24-9-5-10-25(19-24)38-18-6-14-30-27(36)26-20-39-28(33-26)23-12-16-34(17-13-23)29(37)31-15-11-22-7-3-2-4-8-22/h5,7,9-10,19-20,23H,2-4,6,8,11-18H2,1H3,(H,30,36)(H,31,37)(H,32,35). The van der Waals surface area contributed by atoms with Crippen LogP contribution < -0.4 is 20.7 Å². The van der Waals surface area contributed by atoms with E-state index in [1.807, 2.05) is 22.4 Å². The third-order valence-electron chi connectivity index (χ3n) is 7.02. The number of carbonyl (C=O) groups excluding carboxylic acids is 3. The van der Waals surface area contributed by atoms with E-state index in [1.165, 1.54) is 49.5 Å². The van der Waals surface area contributed by atoms with Gasteiger partial charge in [0.2, 0.25) is 5.91 Å². The SMILES string of the molecule is CC(=O)Nc1cccc(OCCCNC(=O)c2csc(C3CCN(C(=O)NCCC4=CCCCC4)CC3)n2)c1. The molecular formula is C29H39N5O4S. The summed E-state index contributed by atoms with van der Waals surface area (Å²) in [6, 6.07) is 7.23. The molecule has 1 aliphatic carbocycles. The minimum atomic E-state index is -0.185. The summed E-state index contributed by atoms with van der Waals surface area (Å²) in [6.45, 7) is 4.48. The Morgan fingerprint density at radius 1 is 1.13 bits per heavy atom. The normalized spacial score (nSPS) is 15.8. The molecule has 1 aromatic heterocycles. The third kappa shape index (κ3) is 9.09. The van der Waals surface area contributed by atoms with Crippen molar-refractivity contribution in [3.05, 3.63) is 52.0 Å². The molecule has 4 rings (SSSR count). The van der Waals surface area contributed by atoms with Gasteiger partial charge >= 0.3 is 6.03 Å². The highest BCUT2D eigenvalue weighted by Crippen LogP contribution is 2.30. The molecule has 0 unspecified atom stereocenters. The molecule has 2 heterocycles. The predicted molar refractivity (Wildman–Crippen MR) is 153 cm³/mol. The quantitative estimate of drug-likeness (QED) is 0.265. The number of nitrogens with one attached hydrogen (secondary N) is 3. The Kier molecular flexibility index (Phi) is 10.8. The first-order chi connectivity index (χ1) is 19.0. The zero-order valence-corrected chi connectivity index (χ0v) is 23.5. The number of thiazole rings is 1. The molecule has 3 N–H and O–H groups in total. The number of carbonyl (C=O) groups is 3. The Morgan fingerprint density at radius 2 is 1.97 bits per heavy atom. The van der Waals surface area contributed by atoms with Crippen LogP contribution in [0.5, 0.6) is 5.75 Å². The zero-order chi connectivity index (χ0) is 27.5. The largest absolute Gasteiger partial charge is 0.493 e. The van der Waals surface area contributed by atoms with Gasteiger partial charge in [-0.15, -0.1) is 11.3 Å². The molecule has 2 aromatic rings. The number of allylic oxidation sites excluding steroid dienone is 1. The van der Waals surface area contributed by atoms with Crippen LogP contribution in [0.3, 0.4) is 0 Å². The van der Waals surface area contributed by atoms with Crippen molar-refractivity contribution in [2.75, 3.05) is 38.1 Å². The van der Waals surface area contributed by atoms with E-state index in [0.29, 0.717) is 56.3 Å². The van der Waals surface area contributed by atoms with Gasteiger partial charge < -0.3 is 25.6 Å². The van der Waals surface area contributed by atoms with Crippen molar-refractivity contribution in [3.63, 3.8) is 0 Å². The molecule has 4 amide bonds. The number of piperidine rings is 1. The molecule has 0 atom stereocenters. The fourth-order valence-corrected chi connectivity index (χ4v) is 5.88. The van der Waals surface area contributed by atoms with Crippen LogP contribution in [0.1, 0.15) is 79.7 Å². The lowest BCUT2D eigenvalue weighted by molar-refractivity contribution is -0.114. The van der Waals surface area contributed by atoms with Crippen molar-refractivity contribution in [2.24, 2.45) is 0 Å². The van der Waals surface area contributed by atoms with Crippen LogP contribution in [0.25, 0.3) is 0 Å². The molecule has 0 spiro atoms. The van der Waals surface area contributed by atoms with Crippen LogP contribution in [0.2, 0.25) is 0 Å². The topological polar surface area (TPSA) is 113 Å². The zero-order valence-electron chi connectivity index (χ0n) is 22.7. The maximum absolute atomic E-state index is 12.6. The second-order valence-corrected chi connectivity index (χ2v) is 11.0. The van der Waals surface area contributed by atoms with E-state index in [4.69, 9.17) is 4.74 Å². The van der Waals surface area contributed by atoms with Crippen molar-refractivity contribution in [1.82, 2.24) is 20.5 Å². The first kappa shape index (κ1) is 28.6. The van der Waals surface area contributed by atoms with Crippen LogP contribution >= 0.6 is 11.3 Å². The second kappa shape index (κ2) is 14.7. The number of anilines is 1. The van der Waals surface area contributed by atoms with Gasteiger partial charge in [0.05, 0.1) is 11.6 Å². The summed E-state index contributed by atoms with van der Waals surface area (Å²) in [5.41, 5.74) is 2.60. The van der Waals surface area contributed by atoms with Crippen LogP contribution in [-0.4, -0.2) is 60.5 Å². The van der Waals surface area contributed by atoms with Gasteiger partial charge in [-0.25, -0.2) is 9.78 Å². The molecule has 2 aliphatic rings. The molecule has 1 fully saturated rings. The minimum absolute atomic E-state index is 0.0217. The van der Waals surface area contributed by atoms with Gasteiger partial charge in [-0.05, 0) is 63.5 Å². The highest BCUT2D eigenvalue weighted by atomic mass is 32.1. The van der Waals surface area contributed by atoms with E-state index < -0.39 is 0 Å². The maximum Gasteiger partial charge on any atom is 0.317 e. The van der Waals surface area contributed by atoms with Crippen molar-refractivity contribution >= 4 is 34.9 Å². The number of rotatable bonds is 11. The molecular weight excluding hydrogens is 514 g/mol. The average molecular weight is 554 g/mol. The molecule has 1 saturated heterocycles. The Bertz CT molecular complexity index is 1160. The van der Waals surface area contributed by atoms with Gasteiger partial charge in [-0.1, -0.05) is 17.7 Å². The molecule has 0 saturated carbocycles. The number of nitrogens with zero attached hydrogens (tertiary/aromatic N) is 2. The number of ether oxygens (including phenoxy) is 1. The fourth-order valence-electron chi connectivity index (χ4n) is 4.90. The Morgan fingerprint density at radius 3 is 2.74 bits per heavy atom. The summed E-state index contributed by atoms with van der Waals surface area (Å²) < 4.78 is 5.72. The smallest absolute Gasteiger partial charge is 0.317 e. The Labute approximate surface area is 234 Å². The lowest BCUT2D eigenvalue weighted by Crippen LogP contribution is -2.44. The van der Waals surface area contributed by atoms with E-state index in [2.05, 4.69) is 27.0 Å². The third-order valence-corrected chi connectivity index (χ3v) is 8.03. The Balaban J connectivity index is 1.12. The van der Waals surface area contributed by atoms with Crippen molar-refractivity contribution in [3.8, 4) is 5.75 Å². The van der Waals surface area contributed by atoms with Gasteiger partial charge in [0.1, 0.15) is 11.4 Å². The summed E-state index contributed by atoms with van der Waals surface area (Å²) >= 11 is 1.52. The summed E-state index contributed by atoms with van der Waals surface area (Å²) in [5.74, 6) is 0.619. The van der Waals surface area contributed by atoms with Gasteiger partial charge in [-0.3, -0.25) is 9.59 Å². The highest BCUT2D eigenvalue weighted by molar-refractivity contribution is 7.09. The molecule has 0 radical (unpaired) electrons. The highest BCUT2D eigenvalue weighted by Gasteiger charge is 2.26. The molecule has 210 valence electrons. The Hall–Kier alpha value is -3.40. The van der Waals surface area contributed by atoms with Crippen LogP contribution in [-0.2, 0) is 4.79 Å². The van der Waals surface area contributed by atoms with Gasteiger partial charge in [-0.2, -0.15) is 0 Å². The predicted octanol–water partition coefficient (Wildman–Crippen LogP) is 5.08. The van der Waals surface area contributed by atoms with E-state index in [9.17, 15) is 14.4 Å². The molecule has 1 aromatic carbocycles. The first-order valence-corrected chi connectivity index (χ1v) is 14.8. The second-order valence-electron chi connectivity index (χ2n) is 10.1. The van der Waals surface area contributed by atoms with E-state index in [-0.39, 0.29) is 23.8 Å². The van der Waals surface area contributed by atoms with E-state index in [0.717, 1.165) is 24.3 Å². The lowest BCUT2D eigenvalue weighted by Gasteiger charge is -2.31. The van der Waals surface area contributed by atoms with Crippen molar-refractivity contribution < 1.29 is 19.1 Å². The van der Waals surface area contributed by atoms with Crippen LogP contribution in [0.15, 0.2) is 41.3 Å². The number of urea groups is 1. The first-order valence-electron chi connectivity index (χ1n) is 13.9. The molecule has 10 heteroatoms. The number of likely N-dealkylation sites (tertiary alicyclic amines) is 1. The molecule has 0 bridgehead atoms. The number of benzene rings is 1. The van der Waals surface area contributed by atoms with Crippen molar-refractivity contribution in [1.29, 1.82) is 0 Å². The average Bonchev–Trinajstić information content (AvgIpc) is 3.44. The molecule has 39 heavy (non-hydrogen) atoms. The van der Waals surface area contributed by atoms with Gasteiger partial charge in [0.25, 0.3) is 5.91 Å². The van der Waals surface area contributed by atoms with Crippen LogP contribution in [0, 0.1) is 0 Å². The number of aromatic nitrogens is 1. The minimum Gasteiger partial charge on any atom is -0.493 e. The molecule has 1 aliphatic heterocycles. The summed E-state index contributed by atoms with van der Waals surface area (Å²) in [7, 11) is 0. The lowest BCUT2D eigenvalue weighted by atomic mass is 9.97.